The Balaban J connectivity index is 0.000000823. The fourth-order valence-electron chi connectivity index (χ4n) is 4.56. The molecular weight excluding hydrogens is 641 g/mol. The molecule has 6 N–H and O–H groups in total. The molecule has 4 aromatic carbocycles. The summed E-state index contributed by atoms with van der Waals surface area (Å²) in [6.07, 6.45) is 1.58. The third kappa shape index (κ3) is 13.1. The van der Waals surface area contributed by atoms with Gasteiger partial charge in [-0.15, -0.1) is 0 Å². The number of sulfonamides is 1. The number of nitrogens with two attached hydrogens (primary N) is 1. The molecule has 1 atom stereocenters. The number of nitrogen functional groups attached to an aromatic ring is 1. The maximum absolute atomic E-state index is 13.0. The van der Waals surface area contributed by atoms with Gasteiger partial charge in [-0.2, -0.15) is 0 Å². The molecule has 0 heterocycles. The van der Waals surface area contributed by atoms with Crippen LogP contribution < -0.4 is 31.3 Å². The Kier molecular flexibility index (Phi) is 14.8. The molecule has 0 unspecified atom stereocenters. The van der Waals surface area contributed by atoms with E-state index in [4.69, 9.17) is 5.73 Å². The molecule has 3 amide bonds. The largest absolute Gasteiger partial charge is 0.399 e. The van der Waals surface area contributed by atoms with Crippen molar-refractivity contribution in [3.63, 3.8) is 0 Å². The highest BCUT2D eigenvalue weighted by Crippen LogP contribution is 2.21. The molecule has 0 fully saturated rings. The van der Waals surface area contributed by atoms with Crippen LogP contribution in [0.1, 0.15) is 50.8 Å². The summed E-state index contributed by atoms with van der Waals surface area (Å²) in [7, 11) is -2.29. The average Bonchev–Trinajstić information content (AvgIpc) is 3.10. The maximum atomic E-state index is 13.0. The Labute approximate surface area is 289 Å². The van der Waals surface area contributed by atoms with Gasteiger partial charge in [0.05, 0.1) is 18.0 Å². The van der Waals surface area contributed by atoms with E-state index in [1.807, 2.05) is 67.6 Å². The van der Waals surface area contributed by atoms with Crippen LogP contribution in [-0.4, -0.2) is 58.6 Å². The number of nitrogens with one attached hydrogen (secondary N) is 4. The standard InChI is InChI=1S/C30H38N6O5S.C7H8/c1-4-27(30(39)35-20-22-10-12-25(31)13-11-22)32-14-15-33-28(37)23-16-24(18-26(17-23)36(2)42(3,40)41)29(38)34-19-21-8-6-5-7-9-21;1-7-5-3-2-4-6-7/h5-13,16-18,27,32H,4,14-15,19-20,31H2,1-3H3,(H,33,37)(H,34,38)(H,35,39);2-6H,1H3/t27-;/m0./s1. The number of amides is 3. The summed E-state index contributed by atoms with van der Waals surface area (Å²) < 4.78 is 25.4. The lowest BCUT2D eigenvalue weighted by molar-refractivity contribution is -0.123. The van der Waals surface area contributed by atoms with Crippen molar-refractivity contribution >= 4 is 39.1 Å². The second-order valence-electron chi connectivity index (χ2n) is 11.5. The Morgan fingerprint density at radius 3 is 1.80 bits per heavy atom. The number of hydrogen-bond acceptors (Lipinski definition) is 7. The first-order valence-corrected chi connectivity index (χ1v) is 17.8. The van der Waals surface area contributed by atoms with E-state index in [2.05, 4.69) is 40.3 Å². The van der Waals surface area contributed by atoms with Crippen molar-refractivity contribution < 1.29 is 22.8 Å². The van der Waals surface area contributed by atoms with Gasteiger partial charge in [-0.05, 0) is 54.8 Å². The van der Waals surface area contributed by atoms with Gasteiger partial charge >= 0.3 is 0 Å². The minimum atomic E-state index is -3.65. The summed E-state index contributed by atoms with van der Waals surface area (Å²) in [5, 5.41) is 11.6. The smallest absolute Gasteiger partial charge is 0.251 e. The highest BCUT2D eigenvalue weighted by molar-refractivity contribution is 7.92. The summed E-state index contributed by atoms with van der Waals surface area (Å²) in [4.78, 5) is 38.6. The minimum absolute atomic E-state index is 0.126. The first-order chi connectivity index (χ1) is 23.4. The zero-order valence-corrected chi connectivity index (χ0v) is 29.2. The predicted molar refractivity (Wildman–Crippen MR) is 196 cm³/mol. The highest BCUT2D eigenvalue weighted by atomic mass is 32.2. The molecule has 0 aromatic heterocycles. The molecule has 0 saturated carbocycles. The Morgan fingerprint density at radius 1 is 0.735 bits per heavy atom. The Morgan fingerprint density at radius 2 is 1.27 bits per heavy atom. The molecule has 11 nitrogen and oxygen atoms in total. The van der Waals surface area contributed by atoms with Gasteiger partial charge < -0.3 is 27.0 Å². The summed E-state index contributed by atoms with van der Waals surface area (Å²) in [6, 6.07) is 30.6. The van der Waals surface area contributed by atoms with Crippen molar-refractivity contribution in [3.8, 4) is 0 Å². The topological polar surface area (TPSA) is 163 Å². The molecule has 49 heavy (non-hydrogen) atoms. The minimum Gasteiger partial charge on any atom is -0.399 e. The fourth-order valence-corrected chi connectivity index (χ4v) is 5.04. The summed E-state index contributed by atoms with van der Waals surface area (Å²) >= 11 is 0. The van der Waals surface area contributed by atoms with Crippen molar-refractivity contribution in [1.82, 2.24) is 21.3 Å². The van der Waals surface area contributed by atoms with Gasteiger partial charge in [0.15, 0.2) is 0 Å². The van der Waals surface area contributed by atoms with Crippen LogP contribution in [0.3, 0.4) is 0 Å². The van der Waals surface area contributed by atoms with Crippen molar-refractivity contribution in [3.05, 3.63) is 131 Å². The van der Waals surface area contributed by atoms with Crippen LogP contribution in [-0.2, 0) is 27.9 Å². The molecule has 0 aliphatic heterocycles. The number of aryl methyl sites for hydroxylation is 1. The highest BCUT2D eigenvalue weighted by Gasteiger charge is 2.19. The van der Waals surface area contributed by atoms with E-state index < -0.39 is 27.9 Å². The lowest BCUT2D eigenvalue weighted by Crippen LogP contribution is -2.46. The van der Waals surface area contributed by atoms with Crippen LogP contribution in [0, 0.1) is 6.92 Å². The summed E-state index contributed by atoms with van der Waals surface area (Å²) in [5.74, 6) is -1.10. The molecule has 0 radical (unpaired) electrons. The lowest BCUT2D eigenvalue weighted by Gasteiger charge is -2.19. The Bertz CT molecular complexity index is 1770. The molecular formula is C37H46N6O5S. The van der Waals surface area contributed by atoms with Crippen LogP contribution >= 0.6 is 0 Å². The van der Waals surface area contributed by atoms with Crippen molar-refractivity contribution in [2.75, 3.05) is 36.4 Å². The fraction of sp³-hybridized carbons (Fsp3) is 0.270. The number of benzene rings is 4. The number of hydrogen-bond donors (Lipinski definition) is 5. The SMILES string of the molecule is CC[C@H](NCCNC(=O)c1cc(C(=O)NCc2ccccc2)cc(N(C)S(C)(=O)=O)c1)C(=O)NCc1ccc(N)cc1.Cc1ccccc1. The number of carbonyl (C=O) groups excluding carboxylic acids is 3. The van der Waals surface area contributed by atoms with Crippen molar-refractivity contribution in [2.24, 2.45) is 0 Å². The summed E-state index contributed by atoms with van der Waals surface area (Å²) in [5.41, 5.74) is 9.94. The third-order valence-corrected chi connectivity index (χ3v) is 8.72. The number of rotatable bonds is 14. The molecule has 12 heteroatoms. The first-order valence-electron chi connectivity index (χ1n) is 15.9. The van der Waals surface area contributed by atoms with Gasteiger partial charge in [-0.1, -0.05) is 85.3 Å². The van der Waals surface area contributed by atoms with E-state index in [1.165, 1.54) is 30.8 Å². The van der Waals surface area contributed by atoms with E-state index in [0.29, 0.717) is 25.2 Å². The number of anilines is 2. The lowest BCUT2D eigenvalue weighted by atomic mass is 10.1. The quantitative estimate of drug-likeness (QED) is 0.0989. The van der Waals surface area contributed by atoms with Gasteiger partial charge in [-0.3, -0.25) is 18.7 Å². The van der Waals surface area contributed by atoms with Gasteiger partial charge in [0, 0.05) is 50.0 Å². The molecule has 260 valence electrons. The van der Waals surface area contributed by atoms with E-state index in [0.717, 1.165) is 21.7 Å². The first kappa shape index (κ1) is 38.2. The van der Waals surface area contributed by atoms with E-state index in [1.54, 1.807) is 12.1 Å². The van der Waals surface area contributed by atoms with Crippen molar-refractivity contribution in [1.29, 1.82) is 0 Å². The number of carbonyl (C=O) groups is 3. The van der Waals surface area contributed by atoms with E-state index >= 15 is 0 Å². The van der Waals surface area contributed by atoms with Crippen LogP contribution in [0.4, 0.5) is 11.4 Å². The molecule has 0 aliphatic rings. The maximum Gasteiger partial charge on any atom is 0.251 e. The molecule has 4 rings (SSSR count). The van der Waals surface area contributed by atoms with E-state index in [9.17, 15) is 22.8 Å². The van der Waals surface area contributed by atoms with Crippen LogP contribution in [0.2, 0.25) is 0 Å². The van der Waals surface area contributed by atoms with Crippen molar-refractivity contribution in [2.45, 2.75) is 39.4 Å². The second kappa shape index (κ2) is 19.0. The van der Waals surface area contributed by atoms with Crippen LogP contribution in [0.25, 0.3) is 0 Å². The predicted octanol–water partition coefficient (Wildman–Crippen LogP) is 4.00. The zero-order chi connectivity index (χ0) is 35.8. The molecule has 0 bridgehead atoms. The molecule has 0 saturated heterocycles. The average molecular weight is 687 g/mol. The van der Waals surface area contributed by atoms with Crippen LogP contribution in [0.15, 0.2) is 103 Å². The zero-order valence-electron chi connectivity index (χ0n) is 28.4. The number of nitrogens with zero attached hydrogens (tertiary/aromatic N) is 1. The summed E-state index contributed by atoms with van der Waals surface area (Å²) in [6.45, 7) is 5.11. The monoisotopic (exact) mass is 686 g/mol. The third-order valence-electron chi connectivity index (χ3n) is 7.51. The molecule has 0 spiro atoms. The van der Waals surface area contributed by atoms with E-state index in [-0.39, 0.29) is 35.8 Å². The normalized spacial score (nSPS) is 11.3. The molecule has 4 aromatic rings. The van der Waals surface area contributed by atoms with Gasteiger partial charge in [-0.25, -0.2) is 8.42 Å². The van der Waals surface area contributed by atoms with Gasteiger partial charge in [0.2, 0.25) is 15.9 Å². The molecule has 0 aliphatic carbocycles. The Hall–Kier alpha value is -5.20. The van der Waals surface area contributed by atoms with Gasteiger partial charge in [0.25, 0.3) is 11.8 Å². The van der Waals surface area contributed by atoms with Gasteiger partial charge in [0.1, 0.15) is 0 Å². The van der Waals surface area contributed by atoms with Crippen LogP contribution in [0.5, 0.6) is 0 Å². The second-order valence-corrected chi connectivity index (χ2v) is 13.5.